The van der Waals surface area contributed by atoms with Gasteiger partial charge in [0.2, 0.25) is 0 Å². The number of carboxylic acids is 1. The average molecular weight is 264 g/mol. The molecule has 0 atom stereocenters. The Kier molecular flexibility index (Phi) is 4.59. The molecule has 0 fully saturated rings. The zero-order valence-electron chi connectivity index (χ0n) is 9.69. The molecule has 0 unspecified atom stereocenters. The van der Waals surface area contributed by atoms with Gasteiger partial charge in [-0.3, -0.25) is 0 Å². The van der Waals surface area contributed by atoms with Gasteiger partial charge in [0.1, 0.15) is 5.75 Å². The second-order valence-corrected chi connectivity index (χ2v) is 3.50. The van der Waals surface area contributed by atoms with Crippen LogP contribution in [-0.4, -0.2) is 31.5 Å². The standard InChI is InChI=1S/C7H6O5.C6H6O/c8-4-1-3(7(11)12)2-5(9)6(4)10;7-6-4-2-1-3-5-6/h1-2,8-10H,(H,11,12);1-5,7H. The summed E-state index contributed by atoms with van der Waals surface area (Å²) in [7, 11) is 0. The molecule has 2 aromatic rings. The molecule has 2 aromatic carbocycles. The molecule has 5 N–H and O–H groups in total. The maximum atomic E-state index is 10.3. The molecule has 0 aliphatic heterocycles. The summed E-state index contributed by atoms with van der Waals surface area (Å²) in [5.41, 5.74) is -0.289. The normalized spacial score (nSPS) is 9.26. The molecular formula is C13H12O6. The van der Waals surface area contributed by atoms with Crippen LogP contribution in [0, 0.1) is 0 Å². The second kappa shape index (κ2) is 6.15. The first-order valence-electron chi connectivity index (χ1n) is 5.14. The van der Waals surface area contributed by atoms with E-state index in [1.165, 1.54) is 0 Å². The molecule has 0 saturated carbocycles. The number of para-hydroxylation sites is 1. The largest absolute Gasteiger partial charge is 0.508 e. The number of carboxylic acid groups (broad SMARTS) is 1. The molecular weight excluding hydrogens is 252 g/mol. The van der Waals surface area contributed by atoms with Crippen molar-refractivity contribution in [2.24, 2.45) is 0 Å². The maximum absolute atomic E-state index is 10.3. The van der Waals surface area contributed by atoms with Crippen LogP contribution >= 0.6 is 0 Å². The number of phenols is 4. The van der Waals surface area contributed by atoms with E-state index in [4.69, 9.17) is 25.5 Å². The van der Waals surface area contributed by atoms with Gasteiger partial charge in [-0.25, -0.2) is 4.79 Å². The molecule has 100 valence electrons. The van der Waals surface area contributed by atoms with Crippen molar-refractivity contribution in [2.75, 3.05) is 0 Å². The summed E-state index contributed by atoms with van der Waals surface area (Å²) in [5, 5.41) is 43.6. The van der Waals surface area contributed by atoms with E-state index in [1.54, 1.807) is 24.3 Å². The minimum absolute atomic E-state index is 0.289. The molecule has 0 aliphatic rings. The molecule has 6 nitrogen and oxygen atoms in total. The number of phenolic OH excluding ortho intramolecular Hbond substituents is 4. The summed E-state index contributed by atoms with van der Waals surface area (Å²) in [4.78, 5) is 10.3. The lowest BCUT2D eigenvalue weighted by Gasteiger charge is -2.01. The van der Waals surface area contributed by atoms with Crippen LogP contribution in [0.15, 0.2) is 42.5 Å². The van der Waals surface area contributed by atoms with Crippen molar-refractivity contribution < 1.29 is 30.3 Å². The van der Waals surface area contributed by atoms with Gasteiger partial charge in [-0.05, 0) is 24.3 Å². The lowest BCUT2D eigenvalue weighted by molar-refractivity contribution is 0.0696. The molecule has 0 radical (unpaired) electrons. The fraction of sp³-hybridized carbons (Fsp3) is 0. The summed E-state index contributed by atoms with van der Waals surface area (Å²) in [6.07, 6.45) is 0. The molecule has 0 bridgehead atoms. The summed E-state index contributed by atoms with van der Waals surface area (Å²) >= 11 is 0. The monoisotopic (exact) mass is 264 g/mol. The Labute approximate surface area is 108 Å². The molecule has 0 aromatic heterocycles. The van der Waals surface area contributed by atoms with Crippen molar-refractivity contribution in [3.05, 3.63) is 48.0 Å². The van der Waals surface area contributed by atoms with E-state index < -0.39 is 23.2 Å². The topological polar surface area (TPSA) is 118 Å². The van der Waals surface area contributed by atoms with E-state index in [-0.39, 0.29) is 5.56 Å². The lowest BCUT2D eigenvalue weighted by atomic mass is 10.2. The Morgan fingerprint density at radius 3 is 1.63 bits per heavy atom. The first kappa shape index (κ1) is 14.2. The highest BCUT2D eigenvalue weighted by atomic mass is 16.4. The third kappa shape index (κ3) is 4.12. The van der Waals surface area contributed by atoms with Crippen LogP contribution in [0.2, 0.25) is 0 Å². The van der Waals surface area contributed by atoms with Crippen LogP contribution in [0.5, 0.6) is 23.0 Å². The Bertz CT molecular complexity index is 542. The van der Waals surface area contributed by atoms with Gasteiger partial charge < -0.3 is 25.5 Å². The highest BCUT2D eigenvalue weighted by Gasteiger charge is 2.11. The SMILES string of the molecule is O=C(O)c1cc(O)c(O)c(O)c1.Oc1ccccc1. The van der Waals surface area contributed by atoms with E-state index in [0.29, 0.717) is 5.75 Å². The van der Waals surface area contributed by atoms with Gasteiger partial charge in [0, 0.05) is 0 Å². The van der Waals surface area contributed by atoms with Crippen molar-refractivity contribution in [1.29, 1.82) is 0 Å². The summed E-state index contributed by atoms with van der Waals surface area (Å²) in [6.45, 7) is 0. The molecule has 0 amide bonds. The van der Waals surface area contributed by atoms with Gasteiger partial charge in [-0.15, -0.1) is 0 Å². The van der Waals surface area contributed by atoms with Crippen LogP contribution in [0.25, 0.3) is 0 Å². The quantitative estimate of drug-likeness (QED) is 0.502. The average Bonchev–Trinajstić information content (AvgIpc) is 2.37. The maximum Gasteiger partial charge on any atom is 0.335 e. The molecule has 0 spiro atoms. The first-order valence-corrected chi connectivity index (χ1v) is 5.14. The van der Waals surface area contributed by atoms with E-state index in [9.17, 15) is 4.79 Å². The van der Waals surface area contributed by atoms with E-state index in [2.05, 4.69) is 0 Å². The molecule has 2 rings (SSSR count). The number of aromatic carboxylic acids is 1. The lowest BCUT2D eigenvalue weighted by Crippen LogP contribution is -1.95. The predicted molar refractivity (Wildman–Crippen MR) is 66.5 cm³/mol. The number of aromatic hydroxyl groups is 4. The Morgan fingerprint density at radius 2 is 1.32 bits per heavy atom. The van der Waals surface area contributed by atoms with Crippen molar-refractivity contribution in [1.82, 2.24) is 0 Å². The minimum atomic E-state index is -1.29. The van der Waals surface area contributed by atoms with Gasteiger partial charge in [-0.1, -0.05) is 18.2 Å². The molecule has 19 heavy (non-hydrogen) atoms. The zero-order chi connectivity index (χ0) is 14.4. The predicted octanol–water partition coefficient (Wildman–Crippen LogP) is 1.89. The van der Waals surface area contributed by atoms with Crippen molar-refractivity contribution >= 4 is 5.97 Å². The fourth-order valence-corrected chi connectivity index (χ4v) is 1.16. The first-order chi connectivity index (χ1) is 8.91. The van der Waals surface area contributed by atoms with Crippen LogP contribution < -0.4 is 0 Å². The third-order valence-corrected chi connectivity index (χ3v) is 2.07. The van der Waals surface area contributed by atoms with Crippen LogP contribution in [0.3, 0.4) is 0 Å². The Balaban J connectivity index is 0.000000218. The van der Waals surface area contributed by atoms with Crippen molar-refractivity contribution in [2.45, 2.75) is 0 Å². The van der Waals surface area contributed by atoms with Gasteiger partial charge in [0.05, 0.1) is 5.56 Å². The highest BCUT2D eigenvalue weighted by Crippen LogP contribution is 2.35. The Morgan fingerprint density at radius 1 is 0.842 bits per heavy atom. The summed E-state index contributed by atoms with van der Waals surface area (Å²) in [5.74, 6) is -3.01. The molecule has 0 aliphatic carbocycles. The number of hydrogen-bond donors (Lipinski definition) is 5. The Hall–Kier alpha value is -2.89. The van der Waals surface area contributed by atoms with Gasteiger partial charge in [0.25, 0.3) is 0 Å². The minimum Gasteiger partial charge on any atom is -0.508 e. The smallest absolute Gasteiger partial charge is 0.335 e. The van der Waals surface area contributed by atoms with E-state index >= 15 is 0 Å². The van der Waals surface area contributed by atoms with Crippen LogP contribution in [-0.2, 0) is 0 Å². The van der Waals surface area contributed by atoms with Gasteiger partial charge >= 0.3 is 5.97 Å². The number of benzene rings is 2. The van der Waals surface area contributed by atoms with Gasteiger partial charge in [-0.2, -0.15) is 0 Å². The third-order valence-electron chi connectivity index (χ3n) is 2.07. The number of rotatable bonds is 1. The second-order valence-electron chi connectivity index (χ2n) is 3.50. The molecule has 0 saturated heterocycles. The molecule has 0 heterocycles. The zero-order valence-corrected chi connectivity index (χ0v) is 9.69. The molecule has 6 heteroatoms. The highest BCUT2D eigenvalue weighted by molar-refractivity contribution is 5.89. The van der Waals surface area contributed by atoms with E-state index in [0.717, 1.165) is 12.1 Å². The summed E-state index contributed by atoms with van der Waals surface area (Å²) in [6, 6.07) is 10.4. The van der Waals surface area contributed by atoms with Crippen molar-refractivity contribution in [3.63, 3.8) is 0 Å². The van der Waals surface area contributed by atoms with Crippen LogP contribution in [0.4, 0.5) is 0 Å². The van der Waals surface area contributed by atoms with E-state index in [1.807, 2.05) is 6.07 Å². The number of hydrogen-bond acceptors (Lipinski definition) is 5. The number of carbonyl (C=O) groups is 1. The van der Waals surface area contributed by atoms with Crippen LogP contribution in [0.1, 0.15) is 10.4 Å². The van der Waals surface area contributed by atoms with Crippen molar-refractivity contribution in [3.8, 4) is 23.0 Å². The fourth-order valence-electron chi connectivity index (χ4n) is 1.16. The summed E-state index contributed by atoms with van der Waals surface area (Å²) < 4.78 is 0. The van der Waals surface area contributed by atoms with Gasteiger partial charge in [0.15, 0.2) is 17.2 Å².